The molecule has 1 saturated carbocycles. The third-order valence-electron chi connectivity index (χ3n) is 7.54. The number of carbonyl (C=O) groups is 2. The molecule has 1 fully saturated rings. The van der Waals surface area contributed by atoms with Crippen LogP contribution in [0.25, 0.3) is 28.0 Å². The number of Topliss-reactive ketones (excluding diaryl/α,β-unsaturated/α-hetero) is 1. The molecule has 1 aliphatic carbocycles. The second-order valence-corrected chi connectivity index (χ2v) is 10.0. The van der Waals surface area contributed by atoms with Gasteiger partial charge in [-0.15, -0.1) is 0 Å². The second-order valence-electron chi connectivity index (χ2n) is 10.0. The van der Waals surface area contributed by atoms with Gasteiger partial charge in [0.05, 0.1) is 23.1 Å². The topological polar surface area (TPSA) is 127 Å². The number of fused-ring (bicyclic) bond motifs is 1. The van der Waals surface area contributed by atoms with E-state index < -0.39 is 6.10 Å². The highest BCUT2D eigenvalue weighted by atomic mass is 16.3. The number of amides is 1. The number of hydrogen-bond donors (Lipinski definition) is 2. The number of aromatic nitrogens is 4. The van der Waals surface area contributed by atoms with Crippen molar-refractivity contribution in [3.05, 3.63) is 66.1 Å². The minimum atomic E-state index is -1.03. The van der Waals surface area contributed by atoms with Gasteiger partial charge in [-0.2, -0.15) is 9.61 Å². The van der Waals surface area contributed by atoms with Gasteiger partial charge in [-0.1, -0.05) is 36.4 Å². The zero-order chi connectivity index (χ0) is 27.0. The van der Waals surface area contributed by atoms with Crippen LogP contribution in [0.4, 0.5) is 5.82 Å². The summed E-state index contributed by atoms with van der Waals surface area (Å²) in [5.41, 5.74) is 11.7. The van der Waals surface area contributed by atoms with E-state index in [0.29, 0.717) is 16.9 Å². The Labute approximate surface area is 221 Å². The molecule has 4 aromatic rings. The van der Waals surface area contributed by atoms with Crippen molar-refractivity contribution < 1.29 is 14.7 Å². The Balaban J connectivity index is 1.48. The van der Waals surface area contributed by atoms with Crippen LogP contribution in [0.15, 0.2) is 54.9 Å². The fraction of sp³-hybridized carbons (Fsp3) is 0.345. The molecule has 196 valence electrons. The van der Waals surface area contributed by atoms with E-state index in [-0.39, 0.29) is 29.5 Å². The Bertz CT molecular complexity index is 1470. The van der Waals surface area contributed by atoms with E-state index >= 15 is 0 Å². The maximum Gasteiger partial charge on any atom is 0.251 e. The van der Waals surface area contributed by atoms with Gasteiger partial charge < -0.3 is 15.7 Å². The molecule has 0 radical (unpaired) electrons. The molecule has 0 unspecified atom stereocenters. The molecular formula is C29H32N6O3. The van der Waals surface area contributed by atoms with Gasteiger partial charge in [0, 0.05) is 41.9 Å². The zero-order valence-electron chi connectivity index (χ0n) is 21.8. The maximum atomic E-state index is 12.7. The number of likely N-dealkylation sites (N-methyl/N-ethyl adjacent to an activating group) is 1. The molecule has 1 atom stereocenters. The van der Waals surface area contributed by atoms with Gasteiger partial charge in [-0.3, -0.25) is 14.6 Å². The van der Waals surface area contributed by atoms with Crippen molar-refractivity contribution in [3.63, 3.8) is 0 Å². The highest BCUT2D eigenvalue weighted by Crippen LogP contribution is 2.38. The average molecular weight is 513 g/mol. The van der Waals surface area contributed by atoms with E-state index in [0.717, 1.165) is 48.1 Å². The number of nitrogen functional groups attached to an aromatic ring is 1. The summed E-state index contributed by atoms with van der Waals surface area (Å²) in [6.45, 7) is 2.99. The van der Waals surface area contributed by atoms with Gasteiger partial charge in [-0.25, -0.2) is 4.98 Å². The van der Waals surface area contributed by atoms with Crippen LogP contribution in [0.5, 0.6) is 0 Å². The summed E-state index contributed by atoms with van der Waals surface area (Å²) >= 11 is 0. The SMILES string of the molecule is CC(=O)c1c(N)n2ncc(-c3ccc(-c4ccccc4)nc3)c2nc1[C@H]1CC[C@H](N(C)C(=O)[C@@H](C)O)CC1. The molecule has 0 spiro atoms. The van der Waals surface area contributed by atoms with Gasteiger partial charge in [0.2, 0.25) is 0 Å². The van der Waals surface area contributed by atoms with Crippen LogP contribution in [0, 0.1) is 0 Å². The number of rotatable bonds is 6. The van der Waals surface area contributed by atoms with Gasteiger partial charge in [-0.05, 0) is 45.6 Å². The van der Waals surface area contributed by atoms with Crippen molar-refractivity contribution in [2.45, 2.75) is 57.6 Å². The normalized spacial score (nSPS) is 18.3. The van der Waals surface area contributed by atoms with Gasteiger partial charge in [0.15, 0.2) is 11.4 Å². The van der Waals surface area contributed by atoms with Crippen LogP contribution in [-0.2, 0) is 4.79 Å². The quantitative estimate of drug-likeness (QED) is 0.372. The number of ketones is 1. The van der Waals surface area contributed by atoms with Crippen molar-refractivity contribution in [2.24, 2.45) is 0 Å². The number of nitrogens with two attached hydrogens (primary N) is 1. The van der Waals surface area contributed by atoms with Crippen molar-refractivity contribution in [1.29, 1.82) is 0 Å². The number of aliphatic hydroxyl groups is 1. The first-order valence-corrected chi connectivity index (χ1v) is 12.9. The summed E-state index contributed by atoms with van der Waals surface area (Å²) in [5, 5.41) is 14.1. The number of nitrogens with zero attached hydrogens (tertiary/aromatic N) is 5. The van der Waals surface area contributed by atoms with Crippen molar-refractivity contribution in [3.8, 4) is 22.4 Å². The van der Waals surface area contributed by atoms with E-state index in [1.165, 1.54) is 18.4 Å². The summed E-state index contributed by atoms with van der Waals surface area (Å²) in [4.78, 5) is 36.2. The largest absolute Gasteiger partial charge is 0.384 e. The van der Waals surface area contributed by atoms with Crippen LogP contribution in [0.3, 0.4) is 0 Å². The predicted molar refractivity (Wildman–Crippen MR) is 146 cm³/mol. The Morgan fingerprint density at radius 2 is 1.76 bits per heavy atom. The van der Waals surface area contributed by atoms with E-state index in [1.54, 1.807) is 24.3 Å². The lowest BCUT2D eigenvalue weighted by atomic mass is 9.81. The van der Waals surface area contributed by atoms with Crippen molar-refractivity contribution in [1.82, 2.24) is 24.5 Å². The summed E-state index contributed by atoms with van der Waals surface area (Å²) in [6.07, 6.45) is 5.49. The Morgan fingerprint density at radius 1 is 1.05 bits per heavy atom. The molecule has 3 aromatic heterocycles. The van der Waals surface area contributed by atoms with Gasteiger partial charge >= 0.3 is 0 Å². The number of anilines is 1. The predicted octanol–water partition coefficient (Wildman–Crippen LogP) is 4.11. The Kier molecular flexibility index (Phi) is 6.94. The second kappa shape index (κ2) is 10.3. The van der Waals surface area contributed by atoms with Crippen molar-refractivity contribution in [2.75, 3.05) is 12.8 Å². The number of benzene rings is 1. The monoisotopic (exact) mass is 512 g/mol. The lowest BCUT2D eigenvalue weighted by Crippen LogP contribution is -2.43. The molecule has 1 aliphatic rings. The van der Waals surface area contributed by atoms with Gasteiger partial charge in [0.25, 0.3) is 5.91 Å². The van der Waals surface area contributed by atoms with E-state index in [9.17, 15) is 14.7 Å². The molecule has 0 aliphatic heterocycles. The van der Waals surface area contributed by atoms with Crippen LogP contribution in [-0.4, -0.2) is 60.5 Å². The molecule has 9 nitrogen and oxygen atoms in total. The molecule has 3 N–H and O–H groups in total. The molecule has 3 heterocycles. The first-order valence-electron chi connectivity index (χ1n) is 12.9. The minimum Gasteiger partial charge on any atom is -0.384 e. The maximum absolute atomic E-state index is 12.7. The summed E-state index contributed by atoms with van der Waals surface area (Å²) in [7, 11) is 1.74. The standard InChI is InChI=1S/C29H32N6O3/c1-17(36)25-26(20-9-12-22(13-10-20)34(3)29(38)18(2)37)33-28-23(16-32-35(28)27(25)30)21-11-14-24(31-15-21)19-7-5-4-6-8-19/h4-8,11,14-16,18,20,22,37H,9-10,12-13,30H2,1-3H3/t18-,20-,22-/m1/s1. The molecule has 9 heteroatoms. The van der Waals surface area contributed by atoms with Crippen LogP contribution < -0.4 is 5.73 Å². The van der Waals surface area contributed by atoms with Crippen molar-refractivity contribution >= 4 is 23.2 Å². The summed E-state index contributed by atoms with van der Waals surface area (Å²) < 4.78 is 1.53. The Morgan fingerprint density at radius 3 is 2.37 bits per heavy atom. The first-order chi connectivity index (χ1) is 18.3. The lowest BCUT2D eigenvalue weighted by molar-refractivity contribution is -0.140. The number of pyridine rings is 1. The molecule has 0 bridgehead atoms. The number of hydrogen-bond acceptors (Lipinski definition) is 7. The fourth-order valence-electron chi connectivity index (χ4n) is 5.44. The van der Waals surface area contributed by atoms with Crippen LogP contribution >= 0.6 is 0 Å². The highest BCUT2D eigenvalue weighted by molar-refractivity contribution is 6.00. The lowest BCUT2D eigenvalue weighted by Gasteiger charge is -2.35. The zero-order valence-corrected chi connectivity index (χ0v) is 21.8. The van der Waals surface area contributed by atoms with Gasteiger partial charge in [0.1, 0.15) is 11.9 Å². The Hall–Kier alpha value is -4.11. The molecular weight excluding hydrogens is 480 g/mol. The summed E-state index contributed by atoms with van der Waals surface area (Å²) in [5.74, 6) is -0.131. The number of carbonyl (C=O) groups excluding carboxylic acids is 2. The third kappa shape index (κ3) is 4.65. The molecule has 38 heavy (non-hydrogen) atoms. The first kappa shape index (κ1) is 25.5. The molecule has 5 rings (SSSR count). The fourth-order valence-corrected chi connectivity index (χ4v) is 5.44. The van der Waals surface area contributed by atoms with Crippen LogP contribution in [0.1, 0.15) is 61.5 Å². The number of aliphatic hydroxyl groups excluding tert-OH is 1. The molecule has 1 aromatic carbocycles. The summed E-state index contributed by atoms with van der Waals surface area (Å²) in [6, 6.07) is 14.0. The average Bonchev–Trinajstić information content (AvgIpc) is 3.37. The molecule has 1 amide bonds. The van der Waals surface area contributed by atoms with E-state index in [1.807, 2.05) is 42.5 Å². The third-order valence-corrected chi connectivity index (χ3v) is 7.54. The molecule has 0 saturated heterocycles. The smallest absolute Gasteiger partial charge is 0.251 e. The van der Waals surface area contributed by atoms with E-state index in [2.05, 4.69) is 10.1 Å². The van der Waals surface area contributed by atoms with Crippen LogP contribution in [0.2, 0.25) is 0 Å². The minimum absolute atomic E-state index is 0.0221. The highest BCUT2D eigenvalue weighted by Gasteiger charge is 2.32. The van der Waals surface area contributed by atoms with E-state index in [4.69, 9.17) is 10.7 Å².